The Balaban J connectivity index is 2.33. The van der Waals surface area contributed by atoms with Gasteiger partial charge in [0, 0.05) is 23.0 Å². The van der Waals surface area contributed by atoms with E-state index in [1.165, 1.54) is 0 Å². The van der Waals surface area contributed by atoms with E-state index in [1.807, 2.05) is 6.07 Å². The highest BCUT2D eigenvalue weighted by atomic mass is 35.5. The highest BCUT2D eigenvalue weighted by Crippen LogP contribution is 2.20. The summed E-state index contributed by atoms with van der Waals surface area (Å²) < 4.78 is 0. The van der Waals surface area contributed by atoms with Crippen molar-refractivity contribution in [3.05, 3.63) is 33.8 Å². The molecule has 0 radical (unpaired) electrons. The van der Waals surface area contributed by atoms with Crippen LogP contribution in [0.3, 0.4) is 0 Å². The maximum Gasteiger partial charge on any atom is 0.220 e. The second-order valence-corrected chi connectivity index (χ2v) is 4.57. The van der Waals surface area contributed by atoms with E-state index in [1.54, 1.807) is 12.1 Å². The molecule has 0 aliphatic rings. The first-order valence-corrected chi connectivity index (χ1v) is 6.29. The largest absolute Gasteiger partial charge is 0.356 e. The van der Waals surface area contributed by atoms with Gasteiger partial charge < -0.3 is 11.1 Å². The Hall–Kier alpha value is -0.770. The van der Waals surface area contributed by atoms with Gasteiger partial charge in [-0.2, -0.15) is 0 Å². The first-order chi connectivity index (χ1) is 8.13. The van der Waals surface area contributed by atoms with Crippen LogP contribution in [0.1, 0.15) is 18.4 Å². The van der Waals surface area contributed by atoms with Crippen molar-refractivity contribution in [2.75, 3.05) is 13.1 Å². The zero-order valence-corrected chi connectivity index (χ0v) is 11.0. The average Bonchev–Trinajstić information content (AvgIpc) is 2.29. The molecule has 0 unspecified atom stereocenters. The van der Waals surface area contributed by atoms with Crippen molar-refractivity contribution in [1.82, 2.24) is 5.32 Å². The number of nitrogens with one attached hydrogen (secondary N) is 1. The third kappa shape index (κ3) is 5.39. The number of rotatable bonds is 6. The molecule has 0 fully saturated rings. The highest BCUT2D eigenvalue weighted by molar-refractivity contribution is 6.35. The molecule has 1 amide bonds. The van der Waals surface area contributed by atoms with Gasteiger partial charge in [0.1, 0.15) is 0 Å². The summed E-state index contributed by atoms with van der Waals surface area (Å²) in [5, 5.41) is 4.07. The number of amides is 1. The first-order valence-electron chi connectivity index (χ1n) is 5.54. The Morgan fingerprint density at radius 2 is 2.12 bits per heavy atom. The average molecular weight is 275 g/mol. The molecule has 1 aromatic carbocycles. The van der Waals surface area contributed by atoms with Crippen molar-refractivity contribution in [3.8, 4) is 0 Å². The predicted molar refractivity (Wildman–Crippen MR) is 71.5 cm³/mol. The topological polar surface area (TPSA) is 55.1 Å². The van der Waals surface area contributed by atoms with Gasteiger partial charge >= 0.3 is 0 Å². The molecule has 0 saturated carbocycles. The Labute approximate surface area is 111 Å². The molecule has 0 aromatic heterocycles. The third-order valence-corrected chi connectivity index (χ3v) is 2.93. The van der Waals surface area contributed by atoms with Crippen LogP contribution in [0.25, 0.3) is 0 Å². The second kappa shape index (κ2) is 7.54. The molecule has 0 spiro atoms. The number of halogens is 2. The van der Waals surface area contributed by atoms with E-state index in [-0.39, 0.29) is 5.91 Å². The minimum atomic E-state index is 0.0283. The Morgan fingerprint density at radius 1 is 1.35 bits per heavy atom. The van der Waals surface area contributed by atoms with Gasteiger partial charge in [-0.1, -0.05) is 29.3 Å². The van der Waals surface area contributed by atoms with E-state index < -0.39 is 0 Å². The van der Waals surface area contributed by atoms with E-state index in [9.17, 15) is 4.79 Å². The number of nitrogens with two attached hydrogens (primary N) is 1. The lowest BCUT2D eigenvalue weighted by Gasteiger charge is -2.06. The number of hydrogen-bond acceptors (Lipinski definition) is 2. The fourth-order valence-corrected chi connectivity index (χ4v) is 1.92. The van der Waals surface area contributed by atoms with E-state index in [0.29, 0.717) is 42.4 Å². The van der Waals surface area contributed by atoms with Crippen molar-refractivity contribution in [1.29, 1.82) is 0 Å². The summed E-state index contributed by atoms with van der Waals surface area (Å²) in [7, 11) is 0. The highest BCUT2D eigenvalue weighted by Gasteiger charge is 2.03. The summed E-state index contributed by atoms with van der Waals surface area (Å²) in [6, 6.07) is 5.37. The van der Waals surface area contributed by atoms with Crippen LogP contribution in [0.4, 0.5) is 0 Å². The lowest BCUT2D eigenvalue weighted by molar-refractivity contribution is -0.121. The molecular weight excluding hydrogens is 259 g/mol. The first kappa shape index (κ1) is 14.3. The fourth-order valence-electron chi connectivity index (χ4n) is 1.41. The molecule has 0 atom stereocenters. The van der Waals surface area contributed by atoms with E-state index >= 15 is 0 Å². The standard InChI is InChI=1S/C12H16Cl2N2O/c13-10-4-3-9(11(14)8-10)5-7-16-12(17)2-1-6-15/h3-4,8H,1-2,5-7,15H2,(H,16,17). The number of carbonyl (C=O) groups is 1. The molecule has 0 heterocycles. The summed E-state index contributed by atoms with van der Waals surface area (Å²) >= 11 is 11.8. The van der Waals surface area contributed by atoms with Crippen molar-refractivity contribution in [3.63, 3.8) is 0 Å². The van der Waals surface area contributed by atoms with Gasteiger partial charge in [-0.3, -0.25) is 4.79 Å². The van der Waals surface area contributed by atoms with Gasteiger partial charge in [-0.25, -0.2) is 0 Å². The minimum absolute atomic E-state index is 0.0283. The Bertz CT molecular complexity index is 383. The molecule has 0 aliphatic heterocycles. The maximum atomic E-state index is 11.3. The van der Waals surface area contributed by atoms with Crippen LogP contribution in [-0.2, 0) is 11.2 Å². The molecule has 17 heavy (non-hydrogen) atoms. The SMILES string of the molecule is NCCCC(=O)NCCc1ccc(Cl)cc1Cl. The predicted octanol–water partition coefficient (Wildman–Crippen LogP) is 2.39. The van der Waals surface area contributed by atoms with E-state index in [0.717, 1.165) is 5.56 Å². The minimum Gasteiger partial charge on any atom is -0.356 e. The van der Waals surface area contributed by atoms with Crippen LogP contribution < -0.4 is 11.1 Å². The van der Waals surface area contributed by atoms with Gasteiger partial charge in [0.2, 0.25) is 5.91 Å². The molecule has 5 heteroatoms. The molecular formula is C12H16Cl2N2O. The molecule has 3 N–H and O–H groups in total. The Kier molecular flexibility index (Phi) is 6.34. The molecule has 1 aromatic rings. The van der Waals surface area contributed by atoms with Gasteiger partial charge in [-0.05, 0) is 37.1 Å². The van der Waals surface area contributed by atoms with Gasteiger partial charge in [0.25, 0.3) is 0 Å². The summed E-state index contributed by atoms with van der Waals surface area (Å²) in [6.45, 7) is 1.11. The zero-order valence-electron chi connectivity index (χ0n) is 9.51. The van der Waals surface area contributed by atoms with E-state index in [4.69, 9.17) is 28.9 Å². The van der Waals surface area contributed by atoms with Gasteiger partial charge in [-0.15, -0.1) is 0 Å². The molecule has 0 saturated heterocycles. The number of benzene rings is 1. The lowest BCUT2D eigenvalue weighted by atomic mass is 10.1. The summed E-state index contributed by atoms with van der Waals surface area (Å²) in [6.07, 6.45) is 1.89. The van der Waals surface area contributed by atoms with Crippen molar-refractivity contribution in [2.45, 2.75) is 19.3 Å². The van der Waals surface area contributed by atoms with Gasteiger partial charge in [0.05, 0.1) is 0 Å². The molecule has 0 bridgehead atoms. The molecule has 94 valence electrons. The second-order valence-electron chi connectivity index (χ2n) is 3.73. The van der Waals surface area contributed by atoms with Crippen LogP contribution in [-0.4, -0.2) is 19.0 Å². The zero-order chi connectivity index (χ0) is 12.7. The monoisotopic (exact) mass is 274 g/mol. The van der Waals surface area contributed by atoms with Crippen LogP contribution in [0.2, 0.25) is 10.0 Å². The fraction of sp³-hybridized carbons (Fsp3) is 0.417. The van der Waals surface area contributed by atoms with Crippen molar-refractivity contribution in [2.24, 2.45) is 5.73 Å². The van der Waals surface area contributed by atoms with Crippen molar-refractivity contribution < 1.29 is 4.79 Å². The Morgan fingerprint density at radius 3 is 2.76 bits per heavy atom. The maximum absolute atomic E-state index is 11.3. The number of carbonyl (C=O) groups excluding carboxylic acids is 1. The van der Waals surface area contributed by atoms with Crippen LogP contribution >= 0.6 is 23.2 Å². The molecule has 3 nitrogen and oxygen atoms in total. The summed E-state index contributed by atoms with van der Waals surface area (Å²) in [4.78, 5) is 11.3. The third-order valence-electron chi connectivity index (χ3n) is 2.34. The number of hydrogen-bond donors (Lipinski definition) is 2. The normalized spacial score (nSPS) is 10.3. The smallest absolute Gasteiger partial charge is 0.220 e. The molecule has 1 rings (SSSR count). The van der Waals surface area contributed by atoms with Crippen LogP contribution in [0.5, 0.6) is 0 Å². The van der Waals surface area contributed by atoms with Gasteiger partial charge in [0.15, 0.2) is 0 Å². The summed E-state index contributed by atoms with van der Waals surface area (Å²) in [5.74, 6) is 0.0283. The van der Waals surface area contributed by atoms with Crippen molar-refractivity contribution >= 4 is 29.1 Å². The quantitative estimate of drug-likeness (QED) is 0.837. The van der Waals surface area contributed by atoms with Crippen LogP contribution in [0, 0.1) is 0 Å². The summed E-state index contributed by atoms with van der Waals surface area (Å²) in [5.41, 5.74) is 6.30. The molecule has 0 aliphatic carbocycles. The lowest BCUT2D eigenvalue weighted by Crippen LogP contribution is -2.26. The van der Waals surface area contributed by atoms with Crippen LogP contribution in [0.15, 0.2) is 18.2 Å². The van der Waals surface area contributed by atoms with E-state index in [2.05, 4.69) is 5.32 Å².